The normalized spacial score (nSPS) is 22.7. The summed E-state index contributed by atoms with van der Waals surface area (Å²) in [6.45, 7) is 19.1. The Morgan fingerprint density at radius 3 is 2.27 bits per heavy atom. The second kappa shape index (κ2) is 13.1. The molecule has 0 spiro atoms. The lowest BCUT2D eigenvalue weighted by atomic mass is 9.80. The molecule has 0 aromatic rings. The number of halogens is 1. The summed E-state index contributed by atoms with van der Waals surface area (Å²) in [6.07, 6.45) is 21.6. The van der Waals surface area contributed by atoms with Crippen molar-refractivity contribution in [2.45, 2.75) is 81.6 Å². The van der Waals surface area contributed by atoms with Gasteiger partial charge in [0.2, 0.25) is 0 Å². The Bertz CT molecular complexity index is 1200. The first-order chi connectivity index (χ1) is 17.4. The molecule has 0 bridgehead atoms. The molecule has 2 heterocycles. The van der Waals surface area contributed by atoms with Gasteiger partial charge >= 0.3 is 0 Å². The predicted molar refractivity (Wildman–Crippen MR) is 162 cm³/mol. The van der Waals surface area contributed by atoms with Crippen LogP contribution in [0.25, 0.3) is 0 Å². The monoisotopic (exact) mass is 518 g/mol. The van der Waals surface area contributed by atoms with Gasteiger partial charge in [0.1, 0.15) is 6.29 Å². The first-order valence-corrected chi connectivity index (χ1v) is 13.6. The molecule has 0 aromatic heterocycles. The number of carbonyl (C=O) groups excluding carboxylic acids is 1. The molecule has 2 aliphatic heterocycles. The van der Waals surface area contributed by atoms with Crippen LogP contribution >= 0.6 is 11.6 Å². The Labute approximate surface area is 229 Å². The lowest BCUT2D eigenvalue weighted by molar-refractivity contribution is -0.104. The molecule has 2 aliphatic rings. The molecule has 0 N–H and O–H groups in total. The van der Waals surface area contributed by atoms with E-state index in [0.29, 0.717) is 0 Å². The lowest BCUT2D eigenvalue weighted by Gasteiger charge is -2.22. The van der Waals surface area contributed by atoms with Crippen LogP contribution in [0.3, 0.4) is 0 Å². The van der Waals surface area contributed by atoms with Crippen LogP contribution in [0.1, 0.15) is 81.6 Å². The van der Waals surface area contributed by atoms with Gasteiger partial charge in [-0.1, -0.05) is 96.0 Å². The molecule has 2 rings (SSSR count). The van der Waals surface area contributed by atoms with Crippen molar-refractivity contribution in [3.63, 3.8) is 0 Å². The van der Waals surface area contributed by atoms with E-state index in [-0.39, 0.29) is 10.8 Å². The summed E-state index contributed by atoms with van der Waals surface area (Å²) >= 11 is 7.03. The minimum Gasteiger partial charge on any atom is -0.299 e. The third kappa shape index (κ3) is 6.96. The van der Waals surface area contributed by atoms with E-state index in [1.807, 2.05) is 26.0 Å². The standard InChI is InChI=1S/C33H43ClN2O/c1-10-13-16-27-23(4)35-30(32(27,6)7)21-19-26(15-11-2)31(34)25(12-3)18-20-29-33(8,9)28(17-14-22-37)24(5)36-29/h10,13-14,16-22H,11-12,15H2,1-9H3/b13-10-,17-14-,20-18+,26-19+,27-16+,30-21+,31-25-. The molecular formula is C33H43ClN2O. The van der Waals surface area contributed by atoms with Crippen LogP contribution in [0, 0.1) is 10.8 Å². The fraction of sp³-hybridized carbons (Fsp3) is 0.424. The van der Waals surface area contributed by atoms with Crippen LogP contribution in [0.5, 0.6) is 0 Å². The second-order valence-corrected chi connectivity index (χ2v) is 10.9. The number of nitrogens with zero attached hydrogens (tertiary/aromatic N) is 2. The number of aliphatic imine (C=N–C) groups is 2. The van der Waals surface area contributed by atoms with Gasteiger partial charge in [0.05, 0.1) is 11.4 Å². The van der Waals surface area contributed by atoms with Crippen LogP contribution in [-0.4, -0.2) is 17.7 Å². The average molecular weight is 519 g/mol. The smallest absolute Gasteiger partial charge is 0.142 e. The van der Waals surface area contributed by atoms with E-state index in [9.17, 15) is 4.79 Å². The van der Waals surface area contributed by atoms with E-state index in [0.717, 1.165) is 70.1 Å². The zero-order valence-corrected chi connectivity index (χ0v) is 24.8. The first-order valence-electron chi connectivity index (χ1n) is 13.2. The van der Waals surface area contributed by atoms with Gasteiger partial charge in [-0.2, -0.15) is 0 Å². The van der Waals surface area contributed by atoms with Gasteiger partial charge in [-0.25, -0.2) is 0 Å². The molecule has 37 heavy (non-hydrogen) atoms. The highest BCUT2D eigenvalue weighted by Gasteiger charge is 2.35. The van der Waals surface area contributed by atoms with Crippen LogP contribution < -0.4 is 0 Å². The average Bonchev–Trinajstić information content (AvgIpc) is 3.19. The fourth-order valence-corrected chi connectivity index (χ4v) is 5.22. The second-order valence-electron chi connectivity index (χ2n) is 10.6. The first kappa shape index (κ1) is 30.4. The van der Waals surface area contributed by atoms with E-state index < -0.39 is 0 Å². The van der Waals surface area contributed by atoms with Crippen molar-refractivity contribution in [3.8, 4) is 0 Å². The van der Waals surface area contributed by atoms with Crippen molar-refractivity contribution in [2.75, 3.05) is 0 Å². The zero-order valence-electron chi connectivity index (χ0n) is 24.1. The molecule has 0 aliphatic carbocycles. The summed E-state index contributed by atoms with van der Waals surface area (Å²) < 4.78 is 0. The van der Waals surface area contributed by atoms with Gasteiger partial charge in [0.25, 0.3) is 0 Å². The minimum atomic E-state index is -0.278. The van der Waals surface area contributed by atoms with Gasteiger partial charge in [-0.3, -0.25) is 14.8 Å². The van der Waals surface area contributed by atoms with Gasteiger partial charge < -0.3 is 0 Å². The van der Waals surface area contributed by atoms with Crippen LogP contribution in [0.2, 0.25) is 0 Å². The van der Waals surface area contributed by atoms with Crippen molar-refractivity contribution in [2.24, 2.45) is 20.8 Å². The largest absolute Gasteiger partial charge is 0.299 e. The molecule has 198 valence electrons. The Kier molecular flexibility index (Phi) is 10.8. The molecule has 0 amide bonds. The van der Waals surface area contributed by atoms with E-state index in [2.05, 4.69) is 84.9 Å². The summed E-state index contributed by atoms with van der Waals surface area (Å²) in [7, 11) is 0. The number of hydrogen-bond acceptors (Lipinski definition) is 3. The minimum absolute atomic E-state index is 0.159. The third-order valence-corrected chi connectivity index (χ3v) is 7.61. The van der Waals surface area contributed by atoms with Gasteiger partial charge in [-0.15, -0.1) is 0 Å². The summed E-state index contributed by atoms with van der Waals surface area (Å²) in [5.74, 6) is 0. The highest BCUT2D eigenvalue weighted by molar-refractivity contribution is 6.32. The highest BCUT2D eigenvalue weighted by Crippen LogP contribution is 2.42. The molecule has 3 nitrogen and oxygen atoms in total. The number of allylic oxidation sites excluding steroid dienone is 15. The number of hydrogen-bond donors (Lipinski definition) is 0. The van der Waals surface area contributed by atoms with Crippen LogP contribution in [0.15, 0.2) is 103 Å². The summed E-state index contributed by atoms with van der Waals surface area (Å²) in [5.41, 5.74) is 8.07. The highest BCUT2D eigenvalue weighted by atomic mass is 35.5. The number of aldehydes is 1. The maximum Gasteiger partial charge on any atom is 0.142 e. The van der Waals surface area contributed by atoms with Crippen LogP contribution in [0.4, 0.5) is 0 Å². The summed E-state index contributed by atoms with van der Waals surface area (Å²) in [5, 5.41) is 0.792. The van der Waals surface area contributed by atoms with E-state index in [1.54, 1.807) is 0 Å². The number of carbonyl (C=O) groups is 1. The molecule has 0 unspecified atom stereocenters. The number of rotatable bonds is 10. The molecule has 0 fully saturated rings. The van der Waals surface area contributed by atoms with Gasteiger partial charge in [0.15, 0.2) is 0 Å². The van der Waals surface area contributed by atoms with E-state index in [1.165, 1.54) is 11.6 Å². The van der Waals surface area contributed by atoms with Crippen molar-refractivity contribution in [1.29, 1.82) is 0 Å². The zero-order chi connectivity index (χ0) is 27.8. The molecule has 0 atom stereocenters. The van der Waals surface area contributed by atoms with Crippen LogP contribution in [-0.2, 0) is 4.79 Å². The molecule has 4 heteroatoms. The fourth-order valence-electron chi connectivity index (χ4n) is 4.87. The van der Waals surface area contributed by atoms with E-state index in [4.69, 9.17) is 21.6 Å². The van der Waals surface area contributed by atoms with Crippen molar-refractivity contribution < 1.29 is 4.79 Å². The molecular weight excluding hydrogens is 476 g/mol. The molecule has 0 saturated heterocycles. The van der Waals surface area contributed by atoms with Gasteiger partial charge in [0, 0.05) is 27.3 Å². The topological polar surface area (TPSA) is 41.8 Å². The maximum atomic E-state index is 10.9. The van der Waals surface area contributed by atoms with Crippen molar-refractivity contribution in [1.82, 2.24) is 0 Å². The van der Waals surface area contributed by atoms with Crippen molar-refractivity contribution >= 4 is 29.3 Å². The Morgan fingerprint density at radius 2 is 1.68 bits per heavy atom. The summed E-state index contributed by atoms with van der Waals surface area (Å²) in [6, 6.07) is 0. The predicted octanol–water partition coefficient (Wildman–Crippen LogP) is 9.57. The third-order valence-electron chi connectivity index (χ3n) is 7.13. The molecule has 0 aromatic carbocycles. The Balaban J connectivity index is 2.44. The quantitative estimate of drug-likeness (QED) is 0.161. The molecule has 0 radical (unpaired) electrons. The molecule has 0 saturated carbocycles. The lowest BCUT2D eigenvalue weighted by Crippen LogP contribution is -2.21. The maximum absolute atomic E-state index is 10.9. The van der Waals surface area contributed by atoms with Crippen molar-refractivity contribution in [3.05, 3.63) is 93.4 Å². The van der Waals surface area contributed by atoms with E-state index >= 15 is 0 Å². The summed E-state index contributed by atoms with van der Waals surface area (Å²) in [4.78, 5) is 20.5. The Hall–Kier alpha value is -2.78. The SMILES string of the molecule is C/C=C\C=C1C(C)=N/C(=C/C=C(CCC)/C(Cl)=C(/C=C/C2=NC(C)=C(/C=C\C=O)C2(C)C)CC)C/1(C)C. The Morgan fingerprint density at radius 1 is 0.973 bits per heavy atom. The van der Waals surface area contributed by atoms with Gasteiger partial charge in [-0.05, 0) is 74.1 Å².